The molecule has 0 bridgehead atoms. The van der Waals surface area contributed by atoms with Crippen molar-refractivity contribution in [2.45, 2.75) is 6.92 Å². The van der Waals surface area contributed by atoms with Gasteiger partial charge in [0.05, 0.1) is 18.5 Å². The molecule has 0 unspecified atom stereocenters. The van der Waals surface area contributed by atoms with Crippen molar-refractivity contribution in [3.05, 3.63) is 65.2 Å². The van der Waals surface area contributed by atoms with Crippen molar-refractivity contribution in [1.29, 1.82) is 0 Å². The van der Waals surface area contributed by atoms with E-state index in [1.54, 1.807) is 26.2 Å². The molecule has 1 fully saturated rings. The van der Waals surface area contributed by atoms with Crippen molar-refractivity contribution >= 4 is 39.8 Å². The molecule has 166 valence electrons. The van der Waals surface area contributed by atoms with Gasteiger partial charge < -0.3 is 19.9 Å². The van der Waals surface area contributed by atoms with Gasteiger partial charge in [0, 0.05) is 31.9 Å². The first-order valence-corrected chi connectivity index (χ1v) is 11.1. The number of aryl methyl sites for hydroxylation is 1. The molecule has 3 aromatic rings. The van der Waals surface area contributed by atoms with Gasteiger partial charge in [0.1, 0.15) is 10.6 Å². The van der Waals surface area contributed by atoms with E-state index < -0.39 is 6.03 Å². The number of hydrogen-bond donors (Lipinski definition) is 2. The molecule has 32 heavy (non-hydrogen) atoms. The highest BCUT2D eigenvalue weighted by molar-refractivity contribution is 7.17. The van der Waals surface area contributed by atoms with Gasteiger partial charge in [-0.1, -0.05) is 41.7 Å². The summed E-state index contributed by atoms with van der Waals surface area (Å²) in [6.07, 6.45) is 0. The minimum atomic E-state index is -0.394. The number of para-hydroxylation sites is 3. The number of benzene rings is 2. The van der Waals surface area contributed by atoms with Gasteiger partial charge in [-0.25, -0.2) is 9.78 Å². The van der Waals surface area contributed by atoms with Crippen LogP contribution >= 0.6 is 11.3 Å². The zero-order valence-corrected chi connectivity index (χ0v) is 18.8. The normalized spacial score (nSPS) is 13.6. The Bertz CT molecular complexity index is 1090. The van der Waals surface area contributed by atoms with Crippen molar-refractivity contribution in [2.75, 3.05) is 48.8 Å². The molecule has 8 nitrogen and oxygen atoms in total. The minimum absolute atomic E-state index is 0.0591. The van der Waals surface area contributed by atoms with Crippen LogP contribution in [-0.2, 0) is 0 Å². The number of methoxy groups -OCH3 is 1. The van der Waals surface area contributed by atoms with Crippen LogP contribution in [0.5, 0.6) is 5.75 Å². The first kappa shape index (κ1) is 21.6. The second kappa shape index (κ2) is 9.69. The molecular formula is C23H25N5O3S. The third-order valence-corrected chi connectivity index (χ3v) is 6.30. The molecule has 0 aliphatic carbocycles. The summed E-state index contributed by atoms with van der Waals surface area (Å²) < 4.78 is 5.46. The summed E-state index contributed by atoms with van der Waals surface area (Å²) in [5, 5.41) is 5.86. The average molecular weight is 452 g/mol. The highest BCUT2D eigenvalue weighted by atomic mass is 32.1. The van der Waals surface area contributed by atoms with Crippen molar-refractivity contribution in [3.8, 4) is 5.75 Å². The number of ether oxygens (including phenoxy) is 1. The van der Waals surface area contributed by atoms with E-state index in [4.69, 9.17) is 4.74 Å². The van der Waals surface area contributed by atoms with Crippen LogP contribution in [0.4, 0.5) is 21.3 Å². The van der Waals surface area contributed by atoms with Crippen LogP contribution in [-0.4, -0.2) is 55.1 Å². The first-order valence-electron chi connectivity index (χ1n) is 10.3. The molecule has 1 saturated heterocycles. The summed E-state index contributed by atoms with van der Waals surface area (Å²) in [6.45, 7) is 4.43. The predicted molar refractivity (Wildman–Crippen MR) is 127 cm³/mol. The van der Waals surface area contributed by atoms with Gasteiger partial charge in [0.25, 0.3) is 5.91 Å². The molecule has 4 rings (SSSR count). The maximum atomic E-state index is 13.1. The fourth-order valence-electron chi connectivity index (χ4n) is 3.61. The second-order valence-electron chi connectivity index (χ2n) is 7.33. The van der Waals surface area contributed by atoms with Crippen LogP contribution in [0.25, 0.3) is 0 Å². The van der Waals surface area contributed by atoms with E-state index in [-0.39, 0.29) is 5.91 Å². The Morgan fingerprint density at radius 2 is 1.66 bits per heavy atom. The fourth-order valence-corrected chi connectivity index (χ4v) is 4.54. The van der Waals surface area contributed by atoms with E-state index >= 15 is 0 Å². The topological polar surface area (TPSA) is 86.8 Å². The lowest BCUT2D eigenvalue weighted by atomic mass is 10.2. The number of nitrogens with zero attached hydrogens (tertiary/aromatic N) is 3. The Labute approximate surface area is 190 Å². The van der Waals surface area contributed by atoms with E-state index in [0.29, 0.717) is 47.6 Å². The maximum Gasteiger partial charge on any atom is 0.325 e. The SMILES string of the molecule is COc1ccccc1N1CCN(C(=O)c2sc(NC(=O)Nc3ccccc3)nc2C)CC1. The van der Waals surface area contributed by atoms with Gasteiger partial charge in [-0.3, -0.25) is 10.1 Å². The zero-order valence-electron chi connectivity index (χ0n) is 18.0. The quantitative estimate of drug-likeness (QED) is 0.611. The zero-order chi connectivity index (χ0) is 22.5. The Kier molecular flexibility index (Phi) is 6.55. The molecule has 2 N–H and O–H groups in total. The summed E-state index contributed by atoms with van der Waals surface area (Å²) in [5.74, 6) is 0.770. The van der Waals surface area contributed by atoms with Crippen molar-refractivity contribution < 1.29 is 14.3 Å². The predicted octanol–water partition coefficient (Wildman–Crippen LogP) is 4.07. The molecule has 1 aliphatic heterocycles. The largest absolute Gasteiger partial charge is 0.495 e. The van der Waals surface area contributed by atoms with Crippen LogP contribution in [0.1, 0.15) is 15.4 Å². The lowest BCUT2D eigenvalue weighted by Crippen LogP contribution is -2.48. The van der Waals surface area contributed by atoms with E-state index in [9.17, 15) is 9.59 Å². The number of nitrogens with one attached hydrogen (secondary N) is 2. The lowest BCUT2D eigenvalue weighted by Gasteiger charge is -2.36. The molecule has 9 heteroatoms. The highest BCUT2D eigenvalue weighted by Crippen LogP contribution is 2.29. The van der Waals surface area contributed by atoms with E-state index in [0.717, 1.165) is 11.4 Å². The summed E-state index contributed by atoms with van der Waals surface area (Å²) >= 11 is 1.20. The molecule has 2 aromatic carbocycles. The smallest absolute Gasteiger partial charge is 0.325 e. The van der Waals surface area contributed by atoms with Gasteiger partial charge in [-0.05, 0) is 31.2 Å². The average Bonchev–Trinajstić information content (AvgIpc) is 3.18. The number of anilines is 3. The minimum Gasteiger partial charge on any atom is -0.495 e. The Balaban J connectivity index is 1.37. The molecular weight excluding hydrogens is 426 g/mol. The van der Waals surface area contributed by atoms with Crippen LogP contribution in [0.3, 0.4) is 0 Å². The summed E-state index contributed by atoms with van der Waals surface area (Å²) in [6, 6.07) is 16.7. The van der Waals surface area contributed by atoms with Gasteiger partial charge in [-0.2, -0.15) is 0 Å². The Hall–Kier alpha value is -3.59. The third kappa shape index (κ3) is 4.83. The van der Waals surface area contributed by atoms with Crippen LogP contribution in [0, 0.1) is 6.92 Å². The molecule has 1 aliphatic rings. The second-order valence-corrected chi connectivity index (χ2v) is 8.33. The number of hydrogen-bond acceptors (Lipinski definition) is 6. The van der Waals surface area contributed by atoms with Gasteiger partial charge in [0.15, 0.2) is 5.13 Å². The number of thiazole rings is 1. The van der Waals surface area contributed by atoms with E-state index in [1.165, 1.54) is 11.3 Å². The standard InChI is InChI=1S/C23H25N5O3S/c1-16-20(32-23(24-16)26-22(30)25-17-8-4-3-5-9-17)21(29)28-14-12-27(13-15-28)18-10-6-7-11-19(18)31-2/h3-11H,12-15H2,1-2H3,(H2,24,25,26,30). The van der Waals surface area contributed by atoms with Gasteiger partial charge in [-0.15, -0.1) is 0 Å². The van der Waals surface area contributed by atoms with Crippen LogP contribution < -0.4 is 20.3 Å². The van der Waals surface area contributed by atoms with Crippen LogP contribution in [0.2, 0.25) is 0 Å². The summed E-state index contributed by atoms with van der Waals surface area (Å²) in [4.78, 5) is 34.3. The molecule has 0 atom stereocenters. The van der Waals surface area contributed by atoms with Crippen molar-refractivity contribution in [2.24, 2.45) is 0 Å². The molecule has 0 saturated carbocycles. The van der Waals surface area contributed by atoms with E-state index in [2.05, 4.69) is 20.5 Å². The monoisotopic (exact) mass is 451 g/mol. The number of urea groups is 1. The molecule has 0 spiro atoms. The van der Waals surface area contributed by atoms with Gasteiger partial charge >= 0.3 is 6.03 Å². The number of piperazine rings is 1. The number of amides is 3. The molecule has 1 aromatic heterocycles. The maximum absolute atomic E-state index is 13.1. The van der Waals surface area contributed by atoms with Gasteiger partial charge in [0.2, 0.25) is 0 Å². The Morgan fingerprint density at radius 3 is 2.38 bits per heavy atom. The Morgan fingerprint density at radius 1 is 0.969 bits per heavy atom. The van der Waals surface area contributed by atoms with Crippen LogP contribution in [0.15, 0.2) is 54.6 Å². The molecule has 0 radical (unpaired) electrons. The summed E-state index contributed by atoms with van der Waals surface area (Å²) in [5.41, 5.74) is 2.33. The number of rotatable bonds is 5. The number of aromatic nitrogens is 1. The number of carbonyl (C=O) groups is 2. The molecule has 3 amide bonds. The third-order valence-electron chi connectivity index (χ3n) is 5.24. The summed E-state index contributed by atoms with van der Waals surface area (Å²) in [7, 11) is 1.66. The molecule has 2 heterocycles. The van der Waals surface area contributed by atoms with Crippen molar-refractivity contribution in [1.82, 2.24) is 9.88 Å². The fraction of sp³-hybridized carbons (Fsp3) is 0.261. The first-order chi connectivity index (χ1) is 15.5. The lowest BCUT2D eigenvalue weighted by molar-refractivity contribution is 0.0750. The van der Waals surface area contributed by atoms with Crippen molar-refractivity contribution in [3.63, 3.8) is 0 Å². The van der Waals surface area contributed by atoms with E-state index in [1.807, 2.05) is 47.4 Å². The highest BCUT2D eigenvalue weighted by Gasteiger charge is 2.26. The number of carbonyl (C=O) groups excluding carboxylic acids is 2.